The van der Waals surface area contributed by atoms with E-state index in [1.807, 2.05) is 25.7 Å². The van der Waals surface area contributed by atoms with Crippen LogP contribution in [0.25, 0.3) is 0 Å². The standard InChI is InChI=1S/C11H22N4O/c1-8(16)5-6-14(3)11-10(7-12)9(2)13-15(11)4/h8,16H,5-7,12H2,1-4H3. The summed E-state index contributed by atoms with van der Waals surface area (Å²) >= 11 is 0. The van der Waals surface area contributed by atoms with Crippen LogP contribution >= 0.6 is 0 Å². The normalized spacial score (nSPS) is 12.9. The van der Waals surface area contributed by atoms with Gasteiger partial charge in [0, 0.05) is 32.7 Å². The number of aryl methyl sites for hydroxylation is 2. The highest BCUT2D eigenvalue weighted by molar-refractivity contribution is 5.49. The Hall–Kier alpha value is -1.07. The molecule has 1 aromatic rings. The van der Waals surface area contributed by atoms with E-state index in [4.69, 9.17) is 5.73 Å². The monoisotopic (exact) mass is 226 g/mol. The molecule has 0 aromatic carbocycles. The van der Waals surface area contributed by atoms with Crippen molar-refractivity contribution < 1.29 is 5.11 Å². The minimum atomic E-state index is -0.280. The van der Waals surface area contributed by atoms with Crippen LogP contribution in [0.2, 0.25) is 0 Å². The number of hydrogen-bond acceptors (Lipinski definition) is 4. The number of anilines is 1. The summed E-state index contributed by atoms with van der Waals surface area (Å²) in [6.07, 6.45) is 0.461. The van der Waals surface area contributed by atoms with Crippen LogP contribution in [0.5, 0.6) is 0 Å². The second-order valence-corrected chi connectivity index (χ2v) is 4.27. The molecule has 1 aromatic heterocycles. The molecular weight excluding hydrogens is 204 g/mol. The largest absolute Gasteiger partial charge is 0.393 e. The number of rotatable bonds is 5. The fourth-order valence-electron chi connectivity index (χ4n) is 1.89. The predicted molar refractivity (Wildman–Crippen MR) is 65.4 cm³/mol. The Balaban J connectivity index is 2.85. The van der Waals surface area contributed by atoms with E-state index in [0.717, 1.165) is 30.0 Å². The number of nitrogens with zero attached hydrogens (tertiary/aromatic N) is 3. The van der Waals surface area contributed by atoms with Crippen molar-refractivity contribution in [1.29, 1.82) is 0 Å². The van der Waals surface area contributed by atoms with Gasteiger partial charge in [0.05, 0.1) is 11.8 Å². The van der Waals surface area contributed by atoms with Crippen LogP contribution < -0.4 is 10.6 Å². The molecule has 0 radical (unpaired) electrons. The third-order valence-corrected chi connectivity index (χ3v) is 2.76. The number of hydrogen-bond donors (Lipinski definition) is 2. The first-order valence-corrected chi connectivity index (χ1v) is 5.59. The third kappa shape index (κ3) is 2.74. The summed E-state index contributed by atoms with van der Waals surface area (Å²) in [7, 11) is 3.92. The van der Waals surface area contributed by atoms with Gasteiger partial charge in [0.2, 0.25) is 0 Å². The van der Waals surface area contributed by atoms with Gasteiger partial charge in [0.15, 0.2) is 0 Å². The molecule has 0 aliphatic carbocycles. The van der Waals surface area contributed by atoms with Crippen LogP contribution in [0.3, 0.4) is 0 Å². The molecule has 0 saturated carbocycles. The number of aromatic nitrogens is 2. The SMILES string of the molecule is Cc1nn(C)c(N(C)CCC(C)O)c1CN. The first-order chi connectivity index (χ1) is 7.47. The molecule has 5 heteroatoms. The zero-order valence-corrected chi connectivity index (χ0v) is 10.6. The quantitative estimate of drug-likeness (QED) is 0.762. The number of aliphatic hydroxyl groups excluding tert-OH is 1. The Labute approximate surface area is 96.9 Å². The highest BCUT2D eigenvalue weighted by atomic mass is 16.3. The molecule has 5 nitrogen and oxygen atoms in total. The van der Waals surface area contributed by atoms with Gasteiger partial charge in [0.25, 0.3) is 0 Å². The second kappa shape index (κ2) is 5.32. The van der Waals surface area contributed by atoms with E-state index in [1.165, 1.54) is 0 Å². The summed E-state index contributed by atoms with van der Waals surface area (Å²) in [4.78, 5) is 2.09. The Bertz CT molecular complexity index is 346. The minimum Gasteiger partial charge on any atom is -0.393 e. The van der Waals surface area contributed by atoms with Crippen molar-refractivity contribution in [2.75, 3.05) is 18.5 Å². The molecule has 1 atom stereocenters. The molecule has 1 unspecified atom stereocenters. The van der Waals surface area contributed by atoms with Crippen LogP contribution in [-0.2, 0) is 13.6 Å². The van der Waals surface area contributed by atoms with Crippen molar-refractivity contribution in [3.05, 3.63) is 11.3 Å². The first-order valence-electron chi connectivity index (χ1n) is 5.59. The molecule has 92 valence electrons. The fourth-order valence-corrected chi connectivity index (χ4v) is 1.89. The molecule has 0 aliphatic rings. The maximum Gasteiger partial charge on any atom is 0.131 e. The molecule has 3 N–H and O–H groups in total. The van der Waals surface area contributed by atoms with Crippen LogP contribution in [-0.4, -0.2) is 34.6 Å². The molecule has 1 rings (SSSR count). The van der Waals surface area contributed by atoms with Crippen LogP contribution in [0.4, 0.5) is 5.82 Å². The average molecular weight is 226 g/mol. The average Bonchev–Trinajstić information content (AvgIpc) is 2.49. The van der Waals surface area contributed by atoms with Gasteiger partial charge in [0.1, 0.15) is 5.82 Å². The van der Waals surface area contributed by atoms with Gasteiger partial charge >= 0.3 is 0 Å². The van der Waals surface area contributed by atoms with Gasteiger partial charge in [-0.05, 0) is 20.3 Å². The zero-order chi connectivity index (χ0) is 12.3. The Morgan fingerprint density at radius 1 is 1.56 bits per heavy atom. The number of nitrogens with two attached hydrogens (primary N) is 1. The molecule has 0 fully saturated rings. The summed E-state index contributed by atoms with van der Waals surface area (Å²) in [6.45, 7) is 5.05. The molecule has 1 heterocycles. The van der Waals surface area contributed by atoms with E-state index in [-0.39, 0.29) is 6.10 Å². The zero-order valence-electron chi connectivity index (χ0n) is 10.6. The second-order valence-electron chi connectivity index (χ2n) is 4.27. The maximum absolute atomic E-state index is 9.28. The molecule has 0 saturated heterocycles. The lowest BCUT2D eigenvalue weighted by Gasteiger charge is -2.21. The molecule has 16 heavy (non-hydrogen) atoms. The molecule has 0 amide bonds. The highest BCUT2D eigenvalue weighted by Gasteiger charge is 2.15. The van der Waals surface area contributed by atoms with E-state index in [0.29, 0.717) is 6.54 Å². The molecule has 0 aliphatic heterocycles. The molecule has 0 bridgehead atoms. The van der Waals surface area contributed by atoms with Gasteiger partial charge in [-0.25, -0.2) is 0 Å². The fraction of sp³-hybridized carbons (Fsp3) is 0.727. The third-order valence-electron chi connectivity index (χ3n) is 2.76. The van der Waals surface area contributed by atoms with Gasteiger partial charge < -0.3 is 15.7 Å². The van der Waals surface area contributed by atoms with Gasteiger partial charge in [-0.3, -0.25) is 4.68 Å². The van der Waals surface area contributed by atoms with E-state index in [1.54, 1.807) is 6.92 Å². The van der Waals surface area contributed by atoms with E-state index < -0.39 is 0 Å². The Morgan fingerprint density at radius 2 is 2.19 bits per heavy atom. The summed E-state index contributed by atoms with van der Waals surface area (Å²) in [5.41, 5.74) is 7.78. The summed E-state index contributed by atoms with van der Waals surface area (Å²) in [5, 5.41) is 13.6. The van der Waals surface area contributed by atoms with Crippen LogP contribution in [0.15, 0.2) is 0 Å². The van der Waals surface area contributed by atoms with Crippen molar-refractivity contribution in [2.24, 2.45) is 12.8 Å². The van der Waals surface area contributed by atoms with Gasteiger partial charge in [-0.2, -0.15) is 5.10 Å². The van der Waals surface area contributed by atoms with Crippen LogP contribution in [0.1, 0.15) is 24.6 Å². The highest BCUT2D eigenvalue weighted by Crippen LogP contribution is 2.21. The summed E-state index contributed by atoms with van der Waals surface area (Å²) < 4.78 is 1.85. The van der Waals surface area contributed by atoms with Crippen LogP contribution in [0, 0.1) is 6.92 Å². The lowest BCUT2D eigenvalue weighted by Crippen LogP contribution is -2.25. The van der Waals surface area contributed by atoms with Crippen molar-refractivity contribution in [3.63, 3.8) is 0 Å². The van der Waals surface area contributed by atoms with Crippen molar-refractivity contribution >= 4 is 5.82 Å². The molecular formula is C11H22N4O. The summed E-state index contributed by atoms with van der Waals surface area (Å²) in [6, 6.07) is 0. The van der Waals surface area contributed by atoms with Crippen molar-refractivity contribution in [1.82, 2.24) is 9.78 Å². The Morgan fingerprint density at radius 3 is 2.69 bits per heavy atom. The lowest BCUT2D eigenvalue weighted by atomic mass is 10.2. The lowest BCUT2D eigenvalue weighted by molar-refractivity contribution is 0.186. The predicted octanol–water partition coefficient (Wildman–Crippen LogP) is 0.394. The molecule has 0 spiro atoms. The van der Waals surface area contributed by atoms with E-state index >= 15 is 0 Å². The topological polar surface area (TPSA) is 67.3 Å². The van der Waals surface area contributed by atoms with Crippen molar-refractivity contribution in [2.45, 2.75) is 32.9 Å². The first kappa shape index (κ1) is 13.0. The van der Waals surface area contributed by atoms with Crippen molar-refractivity contribution in [3.8, 4) is 0 Å². The van der Waals surface area contributed by atoms with E-state index in [2.05, 4.69) is 10.00 Å². The number of aliphatic hydroxyl groups is 1. The van der Waals surface area contributed by atoms with E-state index in [9.17, 15) is 5.11 Å². The minimum absolute atomic E-state index is 0.280. The maximum atomic E-state index is 9.28. The smallest absolute Gasteiger partial charge is 0.131 e. The Kier molecular flexibility index (Phi) is 4.32. The van der Waals surface area contributed by atoms with Gasteiger partial charge in [-0.1, -0.05) is 0 Å². The van der Waals surface area contributed by atoms with Gasteiger partial charge in [-0.15, -0.1) is 0 Å². The summed E-state index contributed by atoms with van der Waals surface area (Å²) in [5.74, 6) is 1.04.